The van der Waals surface area contributed by atoms with Crippen LogP contribution >= 0.6 is 11.3 Å². The van der Waals surface area contributed by atoms with Gasteiger partial charge < -0.3 is 4.90 Å². The molecule has 0 unspecified atom stereocenters. The van der Waals surface area contributed by atoms with Gasteiger partial charge >= 0.3 is 0 Å². The summed E-state index contributed by atoms with van der Waals surface area (Å²) in [5.41, 5.74) is 2.75. The minimum Gasteiger partial charge on any atom is -0.309 e. The Hall–Kier alpha value is -3.10. The average Bonchev–Trinajstić information content (AvgIpc) is 3.15. The van der Waals surface area contributed by atoms with E-state index in [2.05, 4.69) is 4.90 Å². The molecule has 0 spiro atoms. The number of rotatable bonds is 8. The van der Waals surface area contributed by atoms with Crippen molar-refractivity contribution < 1.29 is 9.72 Å². The van der Waals surface area contributed by atoms with Gasteiger partial charge in [-0.2, -0.15) is 0 Å². The lowest BCUT2D eigenvalue weighted by atomic mass is 10.2. The molecule has 2 aromatic carbocycles. The zero-order chi connectivity index (χ0) is 21.7. The molecule has 0 radical (unpaired) electrons. The second-order valence-corrected chi connectivity index (χ2v) is 8.26. The number of aromatic nitrogens is 1. The lowest BCUT2D eigenvalue weighted by Crippen LogP contribution is -2.32. The molecule has 3 rings (SSSR count). The summed E-state index contributed by atoms with van der Waals surface area (Å²) in [5, 5.41) is 11.5. The molecule has 0 aliphatic rings. The maximum Gasteiger partial charge on any atom is 0.269 e. The van der Waals surface area contributed by atoms with Crippen molar-refractivity contribution in [1.82, 2.24) is 9.88 Å². The van der Waals surface area contributed by atoms with E-state index in [-0.39, 0.29) is 11.6 Å². The van der Waals surface area contributed by atoms with E-state index in [0.717, 1.165) is 34.3 Å². The zero-order valence-corrected chi connectivity index (χ0v) is 18.1. The van der Waals surface area contributed by atoms with Gasteiger partial charge in [-0.05, 0) is 69.4 Å². The third-order valence-electron chi connectivity index (χ3n) is 4.62. The second-order valence-electron chi connectivity index (χ2n) is 7.25. The van der Waals surface area contributed by atoms with Gasteiger partial charge in [-0.15, -0.1) is 0 Å². The molecule has 0 aliphatic carbocycles. The fraction of sp³-hybridized carbons (Fsp3) is 0.273. The number of fused-ring (bicyclic) bond motifs is 1. The predicted molar refractivity (Wildman–Crippen MR) is 122 cm³/mol. The van der Waals surface area contributed by atoms with Gasteiger partial charge in [0.15, 0.2) is 5.13 Å². The van der Waals surface area contributed by atoms with E-state index in [9.17, 15) is 14.9 Å². The fourth-order valence-electron chi connectivity index (χ4n) is 3.00. The van der Waals surface area contributed by atoms with Gasteiger partial charge in [0.25, 0.3) is 11.6 Å². The van der Waals surface area contributed by atoms with Crippen molar-refractivity contribution in [3.63, 3.8) is 0 Å². The van der Waals surface area contributed by atoms with Crippen LogP contribution in [0.1, 0.15) is 17.5 Å². The van der Waals surface area contributed by atoms with Gasteiger partial charge in [0.05, 0.1) is 15.1 Å². The van der Waals surface area contributed by atoms with E-state index in [1.807, 2.05) is 39.2 Å². The molecule has 8 heteroatoms. The second kappa shape index (κ2) is 9.60. The van der Waals surface area contributed by atoms with E-state index in [0.29, 0.717) is 11.7 Å². The first-order chi connectivity index (χ1) is 14.3. The number of hydrogen-bond acceptors (Lipinski definition) is 6. The quantitative estimate of drug-likeness (QED) is 0.302. The Bertz CT molecular complexity index is 1070. The maximum atomic E-state index is 13.0. The van der Waals surface area contributed by atoms with E-state index in [1.165, 1.54) is 29.5 Å². The molecule has 1 amide bonds. The first kappa shape index (κ1) is 21.6. The van der Waals surface area contributed by atoms with Gasteiger partial charge in [0.2, 0.25) is 0 Å². The fourth-order valence-corrected chi connectivity index (χ4v) is 4.07. The summed E-state index contributed by atoms with van der Waals surface area (Å²) < 4.78 is 1.05. The highest BCUT2D eigenvalue weighted by molar-refractivity contribution is 7.22. The molecule has 7 nitrogen and oxygen atoms in total. The summed E-state index contributed by atoms with van der Waals surface area (Å²) in [5.74, 6) is -0.163. The Labute approximate surface area is 179 Å². The number of non-ortho nitro benzene ring substituents is 1. The number of carbonyl (C=O) groups excluding carboxylic acids is 1. The molecule has 1 heterocycles. The molecule has 0 saturated carbocycles. The van der Waals surface area contributed by atoms with Crippen molar-refractivity contribution in [2.75, 3.05) is 32.1 Å². The van der Waals surface area contributed by atoms with Crippen molar-refractivity contribution in [3.8, 4) is 0 Å². The highest BCUT2D eigenvalue weighted by atomic mass is 32.1. The standard InChI is InChI=1S/C22H24N4O3S/c1-16-6-4-7-19-21(16)23-22(30-19)25(15-5-14-24(2)3)20(27)13-10-17-8-11-18(12-9-17)26(28)29/h4,6-13H,5,14-15H2,1-3H3. The Morgan fingerprint density at radius 3 is 2.53 bits per heavy atom. The van der Waals surface area contributed by atoms with Gasteiger partial charge in [0, 0.05) is 24.8 Å². The molecule has 1 aromatic heterocycles. The van der Waals surface area contributed by atoms with Crippen LogP contribution in [0.2, 0.25) is 0 Å². The zero-order valence-electron chi connectivity index (χ0n) is 17.2. The third-order valence-corrected chi connectivity index (χ3v) is 5.66. The largest absolute Gasteiger partial charge is 0.309 e. The van der Waals surface area contributed by atoms with Gasteiger partial charge in [0.1, 0.15) is 0 Å². The van der Waals surface area contributed by atoms with Crippen LogP contribution in [0, 0.1) is 17.0 Å². The molecule has 0 saturated heterocycles. The van der Waals surface area contributed by atoms with Crippen LogP contribution in [0.4, 0.5) is 10.8 Å². The van der Waals surface area contributed by atoms with Crippen LogP contribution in [-0.4, -0.2) is 47.9 Å². The highest BCUT2D eigenvalue weighted by Crippen LogP contribution is 2.31. The molecule has 156 valence electrons. The summed E-state index contributed by atoms with van der Waals surface area (Å²) >= 11 is 1.51. The number of benzene rings is 2. The number of amides is 1. The highest BCUT2D eigenvalue weighted by Gasteiger charge is 2.18. The van der Waals surface area contributed by atoms with Crippen LogP contribution in [0.15, 0.2) is 48.5 Å². The molecule has 0 N–H and O–H groups in total. The smallest absolute Gasteiger partial charge is 0.269 e. The summed E-state index contributed by atoms with van der Waals surface area (Å²) in [6.07, 6.45) is 3.98. The SMILES string of the molecule is Cc1cccc2sc(N(CCCN(C)C)C(=O)C=Cc3ccc([N+](=O)[O-])cc3)nc12. The Kier molecular flexibility index (Phi) is 6.91. The number of aryl methyl sites for hydroxylation is 1. The lowest BCUT2D eigenvalue weighted by molar-refractivity contribution is -0.384. The Morgan fingerprint density at radius 2 is 1.90 bits per heavy atom. The monoisotopic (exact) mass is 424 g/mol. The number of nitro benzene ring substituents is 1. The first-order valence-corrected chi connectivity index (χ1v) is 10.4. The maximum absolute atomic E-state index is 13.0. The van der Waals surface area contributed by atoms with E-state index in [4.69, 9.17) is 4.98 Å². The molecule has 3 aromatic rings. The van der Waals surface area contributed by atoms with Gasteiger partial charge in [-0.25, -0.2) is 4.98 Å². The molecular formula is C22H24N4O3S. The summed E-state index contributed by atoms with van der Waals surface area (Å²) in [6, 6.07) is 12.1. The minimum absolute atomic E-state index is 0.0219. The summed E-state index contributed by atoms with van der Waals surface area (Å²) in [6.45, 7) is 3.43. The average molecular weight is 425 g/mol. The number of hydrogen-bond donors (Lipinski definition) is 0. The van der Waals surface area contributed by atoms with Crippen molar-refractivity contribution in [2.24, 2.45) is 0 Å². The Morgan fingerprint density at radius 1 is 1.17 bits per heavy atom. The predicted octanol–water partition coefficient (Wildman–Crippen LogP) is 4.51. The van der Waals surface area contributed by atoms with Gasteiger partial charge in [-0.1, -0.05) is 23.5 Å². The molecule has 0 bridgehead atoms. The topological polar surface area (TPSA) is 79.6 Å². The number of para-hydroxylation sites is 1. The number of nitro groups is 1. The summed E-state index contributed by atoms with van der Waals surface area (Å²) in [7, 11) is 4.00. The van der Waals surface area contributed by atoms with Crippen molar-refractivity contribution in [1.29, 1.82) is 0 Å². The normalized spacial score (nSPS) is 11.5. The van der Waals surface area contributed by atoms with Crippen LogP contribution < -0.4 is 4.90 Å². The van der Waals surface area contributed by atoms with Crippen molar-refractivity contribution in [2.45, 2.75) is 13.3 Å². The first-order valence-electron chi connectivity index (χ1n) is 9.60. The number of anilines is 1. The molecule has 0 aliphatic heterocycles. The van der Waals surface area contributed by atoms with Crippen molar-refractivity contribution >= 4 is 44.4 Å². The van der Waals surface area contributed by atoms with Crippen molar-refractivity contribution in [3.05, 3.63) is 69.8 Å². The van der Waals surface area contributed by atoms with Crippen LogP contribution in [-0.2, 0) is 4.79 Å². The third kappa shape index (κ3) is 5.28. The van der Waals surface area contributed by atoms with Crippen LogP contribution in [0.25, 0.3) is 16.3 Å². The van der Waals surface area contributed by atoms with E-state index in [1.54, 1.807) is 23.1 Å². The Balaban J connectivity index is 1.83. The number of nitrogens with zero attached hydrogens (tertiary/aromatic N) is 4. The molecular weight excluding hydrogens is 400 g/mol. The minimum atomic E-state index is -0.444. The summed E-state index contributed by atoms with van der Waals surface area (Å²) in [4.78, 5) is 31.9. The molecule has 0 fully saturated rings. The van der Waals surface area contributed by atoms with E-state index < -0.39 is 4.92 Å². The van der Waals surface area contributed by atoms with Crippen LogP contribution in [0.3, 0.4) is 0 Å². The lowest BCUT2D eigenvalue weighted by Gasteiger charge is -2.19. The number of thiazole rings is 1. The van der Waals surface area contributed by atoms with E-state index >= 15 is 0 Å². The number of carbonyl (C=O) groups is 1. The van der Waals surface area contributed by atoms with Crippen LogP contribution in [0.5, 0.6) is 0 Å². The van der Waals surface area contributed by atoms with Gasteiger partial charge in [-0.3, -0.25) is 19.8 Å². The molecule has 0 atom stereocenters. The molecule has 30 heavy (non-hydrogen) atoms.